The summed E-state index contributed by atoms with van der Waals surface area (Å²) in [6.07, 6.45) is 6.96. The summed E-state index contributed by atoms with van der Waals surface area (Å²) in [5.41, 5.74) is 3.61. The fourth-order valence-electron chi connectivity index (χ4n) is 4.57. The summed E-state index contributed by atoms with van der Waals surface area (Å²) in [6.45, 7) is 2.95. The minimum atomic E-state index is -0.274. The van der Waals surface area contributed by atoms with E-state index in [0.717, 1.165) is 52.0 Å². The van der Waals surface area contributed by atoms with E-state index in [4.69, 9.17) is 4.98 Å². The van der Waals surface area contributed by atoms with Crippen molar-refractivity contribution in [2.75, 3.05) is 13.1 Å². The SMILES string of the molecule is Cc1ccc(-c2sc(C3CC3)nc2C(=O)N(CCc2c[nH]c3ccc(F)cc23)CC2CC2)cc1F. The van der Waals surface area contributed by atoms with Gasteiger partial charge in [-0.1, -0.05) is 12.1 Å². The number of carbonyl (C=O) groups is 1. The number of rotatable bonds is 8. The molecule has 7 heteroatoms. The van der Waals surface area contributed by atoms with Gasteiger partial charge in [-0.25, -0.2) is 13.8 Å². The van der Waals surface area contributed by atoms with Crippen LogP contribution in [0.4, 0.5) is 8.78 Å². The number of benzene rings is 2. The van der Waals surface area contributed by atoms with Crippen molar-refractivity contribution >= 4 is 28.1 Å². The van der Waals surface area contributed by atoms with Crippen LogP contribution in [-0.4, -0.2) is 33.9 Å². The highest BCUT2D eigenvalue weighted by molar-refractivity contribution is 7.15. The van der Waals surface area contributed by atoms with Crippen LogP contribution in [0.5, 0.6) is 0 Å². The number of H-pyrrole nitrogens is 1. The van der Waals surface area contributed by atoms with Gasteiger partial charge in [0, 0.05) is 36.1 Å². The van der Waals surface area contributed by atoms with E-state index in [-0.39, 0.29) is 17.5 Å². The molecular formula is C28H27F2N3OS. The Morgan fingerprint density at radius 3 is 2.71 bits per heavy atom. The number of nitrogens with zero attached hydrogens (tertiary/aromatic N) is 2. The molecule has 35 heavy (non-hydrogen) atoms. The Balaban J connectivity index is 1.31. The second-order valence-corrected chi connectivity index (χ2v) is 10.9. The van der Waals surface area contributed by atoms with Gasteiger partial charge in [0.2, 0.25) is 0 Å². The van der Waals surface area contributed by atoms with Crippen LogP contribution in [0.15, 0.2) is 42.6 Å². The van der Waals surface area contributed by atoms with Gasteiger partial charge in [-0.2, -0.15) is 0 Å². The molecule has 6 rings (SSSR count). The number of thiazole rings is 1. The number of carbonyl (C=O) groups excluding carboxylic acids is 1. The molecule has 0 radical (unpaired) electrons. The number of aromatic nitrogens is 2. The molecule has 2 aromatic carbocycles. The van der Waals surface area contributed by atoms with E-state index in [9.17, 15) is 13.6 Å². The fraction of sp³-hybridized carbons (Fsp3) is 0.357. The van der Waals surface area contributed by atoms with E-state index in [1.54, 1.807) is 25.1 Å². The quantitative estimate of drug-likeness (QED) is 0.293. The molecule has 2 fully saturated rings. The van der Waals surface area contributed by atoms with E-state index in [0.29, 0.717) is 48.2 Å². The van der Waals surface area contributed by atoms with Crippen LogP contribution < -0.4 is 0 Å². The van der Waals surface area contributed by atoms with Gasteiger partial charge in [0.25, 0.3) is 5.91 Å². The number of amides is 1. The van der Waals surface area contributed by atoms with E-state index >= 15 is 0 Å². The summed E-state index contributed by atoms with van der Waals surface area (Å²) in [5, 5.41) is 1.83. The molecule has 4 aromatic rings. The van der Waals surface area contributed by atoms with E-state index in [1.807, 2.05) is 17.2 Å². The topological polar surface area (TPSA) is 49.0 Å². The highest BCUT2D eigenvalue weighted by Crippen LogP contribution is 2.45. The van der Waals surface area contributed by atoms with Crippen LogP contribution in [0.2, 0.25) is 0 Å². The van der Waals surface area contributed by atoms with Crippen molar-refractivity contribution in [3.63, 3.8) is 0 Å². The van der Waals surface area contributed by atoms with Crippen molar-refractivity contribution in [2.45, 2.75) is 44.9 Å². The second-order valence-electron chi connectivity index (χ2n) is 9.92. The third-order valence-electron chi connectivity index (χ3n) is 7.05. The molecule has 1 amide bonds. The van der Waals surface area contributed by atoms with Gasteiger partial charge in [0.1, 0.15) is 17.3 Å². The molecule has 0 spiro atoms. The van der Waals surface area contributed by atoms with Crippen molar-refractivity contribution in [3.8, 4) is 10.4 Å². The summed E-state index contributed by atoms with van der Waals surface area (Å²) in [5.74, 6) is 0.287. The summed E-state index contributed by atoms with van der Waals surface area (Å²) in [6, 6.07) is 9.88. The maximum absolute atomic E-state index is 14.4. The maximum atomic E-state index is 14.4. The van der Waals surface area contributed by atoms with Crippen molar-refractivity contribution in [3.05, 3.63) is 76.1 Å². The first-order valence-electron chi connectivity index (χ1n) is 12.3. The zero-order valence-electron chi connectivity index (χ0n) is 19.6. The molecule has 0 bridgehead atoms. The molecule has 2 aromatic heterocycles. The number of hydrogen-bond acceptors (Lipinski definition) is 3. The largest absolute Gasteiger partial charge is 0.361 e. The Morgan fingerprint density at radius 2 is 1.97 bits per heavy atom. The van der Waals surface area contributed by atoms with Crippen molar-refractivity contribution in [1.29, 1.82) is 0 Å². The molecule has 0 aliphatic heterocycles. The van der Waals surface area contributed by atoms with Crippen LogP contribution in [0, 0.1) is 24.5 Å². The molecular weight excluding hydrogens is 464 g/mol. The standard InChI is InChI=1S/C28H27F2N3OS/c1-16-2-5-19(12-23(16)30)26-25(32-27(35-26)18-6-7-18)28(34)33(15-17-3-4-17)11-10-20-14-31-24-9-8-21(29)13-22(20)24/h2,5,8-9,12-14,17-18,31H,3-4,6-7,10-11,15H2,1H3. The first-order chi connectivity index (χ1) is 17.0. The van der Waals surface area contributed by atoms with Crippen molar-refractivity contribution in [2.24, 2.45) is 5.92 Å². The van der Waals surface area contributed by atoms with Crippen LogP contribution in [0.1, 0.15) is 58.2 Å². The molecule has 2 aliphatic rings. The van der Waals surface area contributed by atoms with Gasteiger partial charge in [-0.3, -0.25) is 4.79 Å². The first kappa shape index (κ1) is 22.4. The highest BCUT2D eigenvalue weighted by atomic mass is 32.1. The predicted octanol–water partition coefficient (Wildman–Crippen LogP) is 6.85. The van der Waals surface area contributed by atoms with E-state index in [1.165, 1.54) is 23.5 Å². The van der Waals surface area contributed by atoms with E-state index in [2.05, 4.69) is 4.98 Å². The summed E-state index contributed by atoms with van der Waals surface area (Å²) in [7, 11) is 0. The average molecular weight is 492 g/mol. The van der Waals surface area contributed by atoms with E-state index < -0.39 is 0 Å². The normalized spacial score (nSPS) is 15.6. The monoisotopic (exact) mass is 491 g/mol. The molecule has 2 aliphatic carbocycles. The van der Waals surface area contributed by atoms with Gasteiger partial charge in [-0.05, 0) is 85.9 Å². The minimum Gasteiger partial charge on any atom is -0.361 e. The maximum Gasteiger partial charge on any atom is 0.274 e. The van der Waals surface area contributed by atoms with Crippen LogP contribution in [0.25, 0.3) is 21.3 Å². The second kappa shape index (κ2) is 8.86. The number of fused-ring (bicyclic) bond motifs is 1. The highest BCUT2D eigenvalue weighted by Gasteiger charge is 2.33. The molecule has 2 saturated carbocycles. The number of hydrogen-bond donors (Lipinski definition) is 1. The van der Waals surface area contributed by atoms with Gasteiger partial charge >= 0.3 is 0 Å². The number of aromatic amines is 1. The lowest BCUT2D eigenvalue weighted by molar-refractivity contribution is 0.0745. The van der Waals surface area contributed by atoms with Crippen molar-refractivity contribution in [1.82, 2.24) is 14.9 Å². The van der Waals surface area contributed by atoms with Crippen LogP contribution in [0.3, 0.4) is 0 Å². The molecule has 1 N–H and O–H groups in total. The zero-order valence-corrected chi connectivity index (χ0v) is 20.4. The van der Waals surface area contributed by atoms with Gasteiger partial charge in [0.15, 0.2) is 0 Å². The van der Waals surface area contributed by atoms with Gasteiger partial charge in [0.05, 0.1) is 9.88 Å². The minimum absolute atomic E-state index is 0.0953. The zero-order chi connectivity index (χ0) is 24.1. The fourth-order valence-corrected chi connectivity index (χ4v) is 5.79. The molecule has 2 heterocycles. The summed E-state index contributed by atoms with van der Waals surface area (Å²) < 4.78 is 28.2. The molecule has 180 valence electrons. The van der Waals surface area contributed by atoms with Gasteiger partial charge < -0.3 is 9.88 Å². The Morgan fingerprint density at radius 1 is 1.14 bits per heavy atom. The number of nitrogens with one attached hydrogen (secondary N) is 1. The lowest BCUT2D eigenvalue weighted by Gasteiger charge is -2.22. The predicted molar refractivity (Wildman–Crippen MR) is 135 cm³/mol. The smallest absolute Gasteiger partial charge is 0.274 e. The van der Waals surface area contributed by atoms with Crippen LogP contribution >= 0.6 is 11.3 Å². The van der Waals surface area contributed by atoms with Crippen LogP contribution in [-0.2, 0) is 6.42 Å². The average Bonchev–Trinajstić information content (AvgIpc) is 3.78. The molecule has 4 nitrogen and oxygen atoms in total. The lowest BCUT2D eigenvalue weighted by atomic mass is 10.1. The Bertz CT molecular complexity index is 1420. The third-order valence-corrected chi connectivity index (χ3v) is 8.32. The molecule has 0 atom stereocenters. The summed E-state index contributed by atoms with van der Waals surface area (Å²) in [4.78, 5) is 24.6. The number of halogens is 2. The first-order valence-corrected chi connectivity index (χ1v) is 13.1. The Kier molecular flexibility index (Phi) is 5.67. The lowest BCUT2D eigenvalue weighted by Crippen LogP contribution is -2.35. The third kappa shape index (κ3) is 4.61. The molecule has 0 saturated heterocycles. The number of aryl methyl sites for hydroxylation is 1. The van der Waals surface area contributed by atoms with Gasteiger partial charge in [-0.15, -0.1) is 11.3 Å². The Labute approximate surface area is 207 Å². The van der Waals surface area contributed by atoms with Crippen molar-refractivity contribution < 1.29 is 13.6 Å². The molecule has 0 unspecified atom stereocenters. The Hall–Kier alpha value is -3.06. The summed E-state index contributed by atoms with van der Waals surface area (Å²) >= 11 is 1.53.